The summed E-state index contributed by atoms with van der Waals surface area (Å²) in [5.41, 5.74) is 6.90. The topological polar surface area (TPSA) is 157 Å². The zero-order valence-corrected chi connectivity index (χ0v) is 29.5. The fourth-order valence-electron chi connectivity index (χ4n) is 6.03. The molecule has 0 aromatic heterocycles. The fourth-order valence-corrected chi connectivity index (χ4v) is 6.03. The summed E-state index contributed by atoms with van der Waals surface area (Å²) in [5, 5.41) is 8.22. The second-order valence-electron chi connectivity index (χ2n) is 12.4. The lowest BCUT2D eigenvalue weighted by molar-refractivity contribution is -0.125. The number of nitrogens with zero attached hydrogens (tertiary/aromatic N) is 2. The lowest BCUT2D eigenvalue weighted by Gasteiger charge is -2.28. The molecule has 0 radical (unpaired) electrons. The molecule has 12 nitrogen and oxygen atoms in total. The number of para-hydroxylation sites is 2. The number of benzene rings is 5. The Hall–Kier alpha value is -8.12. The van der Waals surface area contributed by atoms with Crippen molar-refractivity contribution in [2.45, 2.75) is 0 Å². The number of amides is 8. The molecule has 2 aliphatic rings. The predicted octanol–water partition coefficient (Wildman–Crippen LogP) is 7.24. The van der Waals surface area contributed by atoms with Gasteiger partial charge in [0.05, 0.1) is 0 Å². The van der Waals surface area contributed by atoms with Crippen molar-refractivity contribution in [2.75, 3.05) is 9.80 Å². The Balaban J connectivity index is 1.13. The van der Waals surface area contributed by atoms with Gasteiger partial charge in [-0.25, -0.2) is 9.59 Å². The van der Waals surface area contributed by atoms with Gasteiger partial charge in [0, 0.05) is 34.1 Å². The Morgan fingerprint density at radius 1 is 0.339 bits per heavy atom. The lowest BCUT2D eigenvalue weighted by atomic mass is 10.1. The maximum atomic E-state index is 12.0. The summed E-state index contributed by atoms with van der Waals surface area (Å²) < 4.78 is 0. The predicted molar refractivity (Wildman–Crippen MR) is 213 cm³/mol. The number of carbonyl (C=O) groups excluding carboxylic acids is 6. The van der Waals surface area contributed by atoms with Crippen LogP contribution in [0.2, 0.25) is 0 Å². The summed E-state index contributed by atoms with van der Waals surface area (Å²) in [7, 11) is 0. The molecule has 0 bridgehead atoms. The van der Waals surface area contributed by atoms with E-state index in [1.807, 2.05) is 109 Å². The maximum absolute atomic E-state index is 12.0. The Morgan fingerprint density at radius 2 is 0.607 bits per heavy atom. The van der Waals surface area contributed by atoms with Crippen molar-refractivity contribution in [3.05, 3.63) is 180 Å². The number of imide groups is 4. The highest BCUT2D eigenvalue weighted by Gasteiger charge is 2.28. The van der Waals surface area contributed by atoms with Gasteiger partial charge in [-0.05, 0) is 96.1 Å². The highest BCUT2D eigenvalue weighted by molar-refractivity contribution is 6.29. The van der Waals surface area contributed by atoms with Gasteiger partial charge >= 0.3 is 12.1 Å². The molecule has 0 unspecified atom stereocenters. The first-order valence-electron chi connectivity index (χ1n) is 17.3. The molecule has 4 N–H and O–H groups in total. The first kappa shape index (κ1) is 36.2. The van der Waals surface area contributed by atoms with Gasteiger partial charge in [-0.2, -0.15) is 0 Å². The van der Waals surface area contributed by atoms with Gasteiger partial charge in [-0.1, -0.05) is 85.0 Å². The number of allylic oxidation sites excluding steroid dienone is 4. The number of carbonyl (C=O) groups is 6. The van der Waals surface area contributed by atoms with E-state index in [1.54, 1.807) is 24.3 Å². The summed E-state index contributed by atoms with van der Waals surface area (Å²) in [6.07, 6.45) is 9.40. The van der Waals surface area contributed by atoms with E-state index in [0.29, 0.717) is 0 Å². The number of hydrogen-bond acceptors (Lipinski definition) is 8. The molecule has 274 valence electrons. The van der Waals surface area contributed by atoms with Crippen molar-refractivity contribution >= 4 is 82.0 Å². The third-order valence-electron chi connectivity index (χ3n) is 8.69. The Labute approximate surface area is 321 Å². The first-order chi connectivity index (χ1) is 27.2. The third-order valence-corrected chi connectivity index (χ3v) is 8.69. The summed E-state index contributed by atoms with van der Waals surface area (Å²) >= 11 is 0. The van der Waals surface area contributed by atoms with Crippen molar-refractivity contribution in [3.8, 4) is 0 Å². The highest BCUT2D eigenvalue weighted by atomic mass is 16.2. The van der Waals surface area contributed by atoms with Crippen LogP contribution in [0.5, 0.6) is 0 Å². The molecular formula is C44H32N6O6. The number of nitrogens with one attached hydrogen (secondary N) is 4. The maximum Gasteiger partial charge on any atom is 0.328 e. The molecule has 5 aromatic rings. The SMILES string of the molecule is O=C1NC(=O)C(=C/C=C/c2ccc(N(c3ccccc3)c3ccc(N(c4ccccc4)c4ccc(/C=C/C=C5C(=O)NC(=O)NC5=O)cc4)cc3)cc2)C(=O)N1. The van der Waals surface area contributed by atoms with Crippen molar-refractivity contribution in [2.24, 2.45) is 0 Å². The Morgan fingerprint density at radius 3 is 0.911 bits per heavy atom. The van der Waals surface area contributed by atoms with Gasteiger partial charge in [0.15, 0.2) is 0 Å². The molecule has 2 heterocycles. The molecule has 8 amide bonds. The van der Waals surface area contributed by atoms with Crippen molar-refractivity contribution in [1.82, 2.24) is 21.3 Å². The molecule has 0 spiro atoms. The zero-order chi connectivity index (χ0) is 39.0. The van der Waals surface area contributed by atoms with Gasteiger partial charge in [0.2, 0.25) is 0 Å². The van der Waals surface area contributed by atoms with Crippen LogP contribution in [0.15, 0.2) is 169 Å². The minimum atomic E-state index is -0.845. The highest BCUT2D eigenvalue weighted by Crippen LogP contribution is 2.39. The molecule has 0 atom stereocenters. The molecule has 5 aromatic carbocycles. The van der Waals surface area contributed by atoms with Crippen LogP contribution in [0.3, 0.4) is 0 Å². The number of anilines is 6. The van der Waals surface area contributed by atoms with E-state index < -0.39 is 35.7 Å². The summed E-state index contributed by atoms with van der Waals surface area (Å²) in [4.78, 5) is 75.0. The van der Waals surface area contributed by atoms with Crippen LogP contribution in [-0.2, 0) is 19.2 Å². The normalized spacial score (nSPS) is 14.3. The van der Waals surface area contributed by atoms with Crippen LogP contribution in [-0.4, -0.2) is 35.7 Å². The van der Waals surface area contributed by atoms with E-state index in [0.717, 1.165) is 45.3 Å². The van der Waals surface area contributed by atoms with Crippen molar-refractivity contribution in [1.29, 1.82) is 0 Å². The van der Waals surface area contributed by atoms with Crippen LogP contribution in [0.1, 0.15) is 11.1 Å². The Kier molecular flexibility index (Phi) is 10.5. The van der Waals surface area contributed by atoms with E-state index >= 15 is 0 Å². The van der Waals surface area contributed by atoms with E-state index in [-0.39, 0.29) is 11.1 Å². The average Bonchev–Trinajstić information content (AvgIpc) is 3.19. The largest absolute Gasteiger partial charge is 0.328 e. The van der Waals surface area contributed by atoms with Crippen molar-refractivity contribution < 1.29 is 28.8 Å². The van der Waals surface area contributed by atoms with Gasteiger partial charge in [0.25, 0.3) is 23.6 Å². The van der Waals surface area contributed by atoms with Crippen LogP contribution >= 0.6 is 0 Å². The monoisotopic (exact) mass is 740 g/mol. The molecule has 2 fully saturated rings. The van der Waals surface area contributed by atoms with Crippen LogP contribution in [0, 0.1) is 0 Å². The summed E-state index contributed by atoms with van der Waals surface area (Å²) in [6, 6.07) is 42.1. The number of urea groups is 2. The minimum Gasteiger partial charge on any atom is -0.311 e. The second-order valence-corrected chi connectivity index (χ2v) is 12.4. The van der Waals surface area contributed by atoms with Gasteiger partial charge in [-0.15, -0.1) is 0 Å². The van der Waals surface area contributed by atoms with E-state index in [1.165, 1.54) is 12.2 Å². The third kappa shape index (κ3) is 8.24. The number of hydrogen-bond donors (Lipinski definition) is 4. The molecule has 12 heteroatoms. The first-order valence-corrected chi connectivity index (χ1v) is 17.3. The molecule has 2 aliphatic heterocycles. The summed E-state index contributed by atoms with van der Waals surface area (Å²) in [5.74, 6) is -3.01. The zero-order valence-electron chi connectivity index (χ0n) is 29.5. The van der Waals surface area contributed by atoms with Gasteiger partial charge in [0.1, 0.15) is 11.1 Å². The average molecular weight is 741 g/mol. The second kappa shape index (κ2) is 16.3. The van der Waals surface area contributed by atoms with E-state index in [4.69, 9.17) is 0 Å². The van der Waals surface area contributed by atoms with Gasteiger partial charge < -0.3 is 9.80 Å². The van der Waals surface area contributed by atoms with E-state index in [9.17, 15) is 28.8 Å². The van der Waals surface area contributed by atoms with Gasteiger partial charge in [-0.3, -0.25) is 40.4 Å². The van der Waals surface area contributed by atoms with E-state index in [2.05, 4.69) is 55.3 Å². The lowest BCUT2D eigenvalue weighted by Crippen LogP contribution is -2.51. The fraction of sp³-hybridized carbons (Fsp3) is 0. The summed E-state index contributed by atoms with van der Waals surface area (Å²) in [6.45, 7) is 0. The van der Waals surface area contributed by atoms with Crippen LogP contribution in [0.25, 0.3) is 12.2 Å². The molecule has 56 heavy (non-hydrogen) atoms. The van der Waals surface area contributed by atoms with Crippen LogP contribution < -0.4 is 31.1 Å². The molecular weight excluding hydrogens is 709 g/mol. The number of rotatable bonds is 10. The smallest absolute Gasteiger partial charge is 0.311 e. The quantitative estimate of drug-likeness (QED) is 0.0863. The minimum absolute atomic E-state index is 0.161. The molecule has 0 aliphatic carbocycles. The molecule has 2 saturated heterocycles. The Bertz CT molecular complexity index is 2240. The van der Waals surface area contributed by atoms with Crippen LogP contribution in [0.4, 0.5) is 43.7 Å². The molecule has 7 rings (SSSR count). The molecule has 0 saturated carbocycles. The van der Waals surface area contributed by atoms with Crippen molar-refractivity contribution in [3.63, 3.8) is 0 Å². The standard InChI is InChI=1S/C44H32N6O6/c51-39-37(40(52)46-43(55)45-39)15-7-9-29-17-21-33(22-18-29)49(31-11-3-1-4-12-31)35-25-27-36(28-26-35)50(32-13-5-2-6-14-32)34-23-19-30(20-24-34)10-8-16-38-41(53)47-44(56)48-42(38)54/h1-28H,(H2,45,46,51,52,55)(H2,47,48,53,54,56)/b9-7+,10-8+. The number of barbiturate groups is 2.